The summed E-state index contributed by atoms with van der Waals surface area (Å²) in [6, 6.07) is 2.17. The van der Waals surface area contributed by atoms with Gasteiger partial charge in [-0.15, -0.1) is 0 Å². The molecule has 0 aromatic carbocycles. The van der Waals surface area contributed by atoms with Gasteiger partial charge in [-0.1, -0.05) is 27.2 Å². The minimum atomic E-state index is 0.456. The minimum absolute atomic E-state index is 0.456. The van der Waals surface area contributed by atoms with Crippen molar-refractivity contribution in [1.29, 1.82) is 0 Å². The van der Waals surface area contributed by atoms with Gasteiger partial charge in [0.05, 0.1) is 7.11 Å². The van der Waals surface area contributed by atoms with E-state index in [1.165, 1.54) is 56.6 Å². The molecular weight excluding hydrogens is 260 g/mol. The van der Waals surface area contributed by atoms with Crippen LogP contribution in [0.2, 0.25) is 0 Å². The molecule has 118 valence electrons. The topological polar surface area (TPSA) is 25.4 Å². The van der Waals surface area contributed by atoms with Crippen LogP contribution in [0.4, 0.5) is 0 Å². The number of hydrogen-bond donors (Lipinski definition) is 0. The van der Waals surface area contributed by atoms with Gasteiger partial charge >= 0.3 is 0 Å². The van der Waals surface area contributed by atoms with Crippen LogP contribution in [0.25, 0.3) is 0 Å². The van der Waals surface area contributed by atoms with Gasteiger partial charge in [-0.3, -0.25) is 4.98 Å². The Kier molecular flexibility index (Phi) is 6.04. The van der Waals surface area contributed by atoms with Crippen LogP contribution in [0.1, 0.15) is 69.5 Å². The first-order valence-corrected chi connectivity index (χ1v) is 8.41. The zero-order valence-corrected chi connectivity index (χ0v) is 14.1. The lowest BCUT2D eigenvalue weighted by Gasteiger charge is -2.31. The fourth-order valence-electron chi connectivity index (χ4n) is 3.13. The Bertz CT molecular complexity index is 437. The molecule has 3 nitrogen and oxygen atoms in total. The molecule has 1 aromatic rings. The van der Waals surface area contributed by atoms with Gasteiger partial charge in [0.15, 0.2) is 0 Å². The number of likely N-dealkylation sites (tertiary alicyclic amines) is 1. The highest BCUT2D eigenvalue weighted by Crippen LogP contribution is 2.32. The molecule has 1 aliphatic rings. The summed E-state index contributed by atoms with van der Waals surface area (Å²) in [6.07, 6.45) is 7.07. The van der Waals surface area contributed by atoms with Crippen molar-refractivity contribution in [3.05, 3.63) is 23.5 Å². The predicted molar refractivity (Wildman–Crippen MR) is 88.2 cm³/mol. The number of ether oxygens (including phenoxy) is 1. The summed E-state index contributed by atoms with van der Waals surface area (Å²) in [5.74, 6) is 2.05. The Labute approximate surface area is 129 Å². The quantitative estimate of drug-likeness (QED) is 0.785. The van der Waals surface area contributed by atoms with E-state index in [0.717, 1.165) is 5.75 Å². The number of nitrogens with zero attached hydrogens (tertiary/aromatic N) is 2. The van der Waals surface area contributed by atoms with Crippen molar-refractivity contribution in [2.24, 2.45) is 0 Å². The summed E-state index contributed by atoms with van der Waals surface area (Å²) in [7, 11) is 1.76. The minimum Gasteiger partial charge on any atom is -0.496 e. The van der Waals surface area contributed by atoms with Gasteiger partial charge in [-0.2, -0.15) is 0 Å². The van der Waals surface area contributed by atoms with Crippen LogP contribution in [0.15, 0.2) is 12.3 Å². The van der Waals surface area contributed by atoms with Crippen LogP contribution >= 0.6 is 0 Å². The maximum atomic E-state index is 5.56. The van der Waals surface area contributed by atoms with Gasteiger partial charge in [-0.25, -0.2) is 0 Å². The molecule has 0 saturated carbocycles. The number of methoxy groups -OCH3 is 1. The van der Waals surface area contributed by atoms with Crippen molar-refractivity contribution >= 4 is 0 Å². The van der Waals surface area contributed by atoms with E-state index in [-0.39, 0.29) is 0 Å². The standard InChI is InChI=1S/C18H30N2O/c1-5-6-9-20-10-7-15(8-11-20)17-12-18(21-4)16(13-19-17)14(2)3/h12-15H,5-11H2,1-4H3. The Morgan fingerprint density at radius 2 is 2.05 bits per heavy atom. The number of pyridine rings is 1. The molecule has 2 heterocycles. The molecule has 0 bridgehead atoms. The highest BCUT2D eigenvalue weighted by Gasteiger charge is 2.22. The zero-order valence-electron chi connectivity index (χ0n) is 14.1. The summed E-state index contributed by atoms with van der Waals surface area (Å²) in [5, 5.41) is 0. The van der Waals surface area contributed by atoms with E-state index in [2.05, 4.69) is 31.7 Å². The third kappa shape index (κ3) is 4.19. The summed E-state index contributed by atoms with van der Waals surface area (Å²) >= 11 is 0. The first-order chi connectivity index (χ1) is 10.2. The zero-order chi connectivity index (χ0) is 15.2. The molecule has 0 unspecified atom stereocenters. The summed E-state index contributed by atoms with van der Waals surface area (Å²) < 4.78 is 5.56. The van der Waals surface area contributed by atoms with E-state index in [1.807, 2.05) is 6.20 Å². The summed E-state index contributed by atoms with van der Waals surface area (Å²) in [4.78, 5) is 7.32. The van der Waals surface area contributed by atoms with Crippen molar-refractivity contribution < 1.29 is 4.74 Å². The largest absolute Gasteiger partial charge is 0.496 e. The maximum absolute atomic E-state index is 5.56. The van der Waals surface area contributed by atoms with Gasteiger partial charge in [0.1, 0.15) is 5.75 Å². The van der Waals surface area contributed by atoms with Gasteiger partial charge in [0.2, 0.25) is 0 Å². The number of aromatic nitrogens is 1. The molecule has 1 aliphatic heterocycles. The SMILES string of the molecule is CCCCN1CCC(c2cc(OC)c(C(C)C)cn2)CC1. The first kappa shape index (κ1) is 16.3. The fraction of sp³-hybridized carbons (Fsp3) is 0.722. The normalized spacial score (nSPS) is 17.4. The van der Waals surface area contributed by atoms with Gasteiger partial charge < -0.3 is 9.64 Å². The second-order valence-electron chi connectivity index (χ2n) is 6.48. The average Bonchev–Trinajstić information content (AvgIpc) is 2.52. The van der Waals surface area contributed by atoms with Crippen molar-refractivity contribution in [3.8, 4) is 5.75 Å². The monoisotopic (exact) mass is 290 g/mol. The molecule has 0 spiro atoms. The average molecular weight is 290 g/mol. The van der Waals surface area contributed by atoms with E-state index < -0.39 is 0 Å². The molecule has 3 heteroatoms. The maximum Gasteiger partial charge on any atom is 0.125 e. The first-order valence-electron chi connectivity index (χ1n) is 8.41. The molecule has 21 heavy (non-hydrogen) atoms. The Morgan fingerprint density at radius 3 is 2.62 bits per heavy atom. The smallest absolute Gasteiger partial charge is 0.125 e. The molecule has 0 radical (unpaired) electrons. The van der Waals surface area contributed by atoms with Crippen LogP contribution in [0.3, 0.4) is 0 Å². The number of hydrogen-bond acceptors (Lipinski definition) is 3. The number of piperidine rings is 1. The van der Waals surface area contributed by atoms with Gasteiger partial charge in [0.25, 0.3) is 0 Å². The van der Waals surface area contributed by atoms with Crippen molar-refractivity contribution in [2.45, 2.75) is 58.3 Å². The number of unbranched alkanes of at least 4 members (excludes halogenated alkanes) is 1. The molecule has 0 N–H and O–H groups in total. The molecular formula is C18H30N2O. The molecule has 2 rings (SSSR count). The van der Waals surface area contributed by atoms with E-state index in [0.29, 0.717) is 11.8 Å². The summed E-state index contributed by atoms with van der Waals surface area (Å²) in [6.45, 7) is 10.3. The fourth-order valence-corrected chi connectivity index (χ4v) is 3.13. The van der Waals surface area contributed by atoms with Crippen LogP contribution < -0.4 is 4.74 Å². The molecule has 1 saturated heterocycles. The molecule has 0 aliphatic carbocycles. The predicted octanol–water partition coefficient (Wildman–Crippen LogP) is 4.19. The second-order valence-corrected chi connectivity index (χ2v) is 6.48. The van der Waals surface area contributed by atoms with E-state index >= 15 is 0 Å². The van der Waals surface area contributed by atoms with Crippen LogP contribution in [-0.4, -0.2) is 36.6 Å². The van der Waals surface area contributed by atoms with E-state index in [1.54, 1.807) is 7.11 Å². The van der Waals surface area contributed by atoms with Crippen LogP contribution in [-0.2, 0) is 0 Å². The van der Waals surface area contributed by atoms with E-state index in [4.69, 9.17) is 9.72 Å². The van der Waals surface area contributed by atoms with Gasteiger partial charge in [0, 0.05) is 29.4 Å². The highest BCUT2D eigenvalue weighted by atomic mass is 16.5. The highest BCUT2D eigenvalue weighted by molar-refractivity contribution is 5.36. The van der Waals surface area contributed by atoms with Crippen molar-refractivity contribution in [1.82, 2.24) is 9.88 Å². The lowest BCUT2D eigenvalue weighted by molar-refractivity contribution is 0.208. The van der Waals surface area contributed by atoms with Crippen molar-refractivity contribution in [2.75, 3.05) is 26.7 Å². The molecule has 0 atom stereocenters. The third-order valence-electron chi connectivity index (χ3n) is 4.59. The Hall–Kier alpha value is -1.09. The van der Waals surface area contributed by atoms with Crippen molar-refractivity contribution in [3.63, 3.8) is 0 Å². The second kappa shape index (κ2) is 7.79. The van der Waals surface area contributed by atoms with Crippen LogP contribution in [0, 0.1) is 0 Å². The lowest BCUT2D eigenvalue weighted by atomic mass is 9.92. The summed E-state index contributed by atoms with van der Waals surface area (Å²) in [5.41, 5.74) is 2.42. The van der Waals surface area contributed by atoms with E-state index in [9.17, 15) is 0 Å². The number of rotatable bonds is 6. The Balaban J connectivity index is 2.00. The molecule has 1 fully saturated rings. The third-order valence-corrected chi connectivity index (χ3v) is 4.59. The van der Waals surface area contributed by atoms with Gasteiger partial charge in [-0.05, 0) is 44.8 Å². The lowest BCUT2D eigenvalue weighted by Crippen LogP contribution is -2.33. The molecule has 1 aromatic heterocycles. The van der Waals surface area contributed by atoms with Crippen LogP contribution in [0.5, 0.6) is 5.75 Å². The molecule has 0 amide bonds. The Morgan fingerprint density at radius 1 is 1.33 bits per heavy atom.